The van der Waals surface area contributed by atoms with Crippen molar-refractivity contribution in [1.29, 1.82) is 0 Å². The molecule has 0 heterocycles. The second-order valence-corrected chi connectivity index (χ2v) is 3.48. The van der Waals surface area contributed by atoms with Crippen LogP contribution in [-0.4, -0.2) is 28.6 Å². The number of nitro benzene ring substituents is 1. The summed E-state index contributed by atoms with van der Waals surface area (Å²) in [4.78, 5) is 20.9. The number of rotatable bonds is 4. The molecule has 0 aliphatic heterocycles. The van der Waals surface area contributed by atoms with Gasteiger partial charge in [-0.1, -0.05) is 0 Å². The van der Waals surface area contributed by atoms with Crippen LogP contribution < -0.4 is 5.32 Å². The van der Waals surface area contributed by atoms with E-state index in [0.29, 0.717) is 0 Å². The molecule has 0 saturated carbocycles. The summed E-state index contributed by atoms with van der Waals surface area (Å²) < 4.78 is 13.2. The number of aliphatic hydroxyl groups is 1. The van der Waals surface area contributed by atoms with Gasteiger partial charge in [0.05, 0.1) is 11.0 Å². The van der Waals surface area contributed by atoms with E-state index in [2.05, 4.69) is 5.32 Å². The van der Waals surface area contributed by atoms with Crippen LogP contribution in [0.5, 0.6) is 0 Å². The lowest BCUT2D eigenvalue weighted by Crippen LogP contribution is -2.30. The highest BCUT2D eigenvalue weighted by atomic mass is 19.1. The zero-order valence-corrected chi connectivity index (χ0v) is 9.01. The van der Waals surface area contributed by atoms with Crippen LogP contribution in [-0.2, 0) is 0 Å². The minimum absolute atomic E-state index is 0.0252. The van der Waals surface area contributed by atoms with Crippen LogP contribution in [0.2, 0.25) is 0 Å². The Bertz CT molecular complexity index is 448. The van der Waals surface area contributed by atoms with Crippen LogP contribution in [0.15, 0.2) is 18.2 Å². The van der Waals surface area contributed by atoms with Gasteiger partial charge in [-0.25, -0.2) is 0 Å². The molecule has 92 valence electrons. The maximum absolute atomic E-state index is 13.2. The summed E-state index contributed by atoms with van der Waals surface area (Å²) in [6.07, 6.45) is -0.721. The first kappa shape index (κ1) is 13.0. The molecule has 1 aromatic rings. The highest BCUT2D eigenvalue weighted by molar-refractivity contribution is 5.94. The number of amides is 1. The van der Waals surface area contributed by atoms with Crippen LogP contribution in [0.1, 0.15) is 17.3 Å². The van der Waals surface area contributed by atoms with Crippen molar-refractivity contribution >= 4 is 11.6 Å². The van der Waals surface area contributed by atoms with Crippen molar-refractivity contribution in [3.05, 3.63) is 39.7 Å². The monoisotopic (exact) mass is 242 g/mol. The van der Waals surface area contributed by atoms with Crippen LogP contribution in [0, 0.1) is 15.9 Å². The summed E-state index contributed by atoms with van der Waals surface area (Å²) in [7, 11) is 0. The number of nitro groups is 1. The summed E-state index contributed by atoms with van der Waals surface area (Å²) >= 11 is 0. The molecule has 17 heavy (non-hydrogen) atoms. The van der Waals surface area contributed by atoms with Gasteiger partial charge in [-0.2, -0.15) is 4.39 Å². The number of nitrogens with zero attached hydrogens (tertiary/aromatic N) is 1. The predicted octanol–water partition coefficient (Wildman–Crippen LogP) is 0.845. The SMILES string of the molecule is CC(O)CNC(=O)c1ccc([N+](=O)[O-])c(F)c1. The molecule has 1 rings (SSSR count). The second kappa shape index (κ2) is 5.35. The number of nitrogens with one attached hydrogen (secondary N) is 1. The van der Waals surface area contributed by atoms with Gasteiger partial charge < -0.3 is 10.4 Å². The van der Waals surface area contributed by atoms with E-state index >= 15 is 0 Å². The van der Waals surface area contributed by atoms with Gasteiger partial charge in [0.1, 0.15) is 0 Å². The van der Waals surface area contributed by atoms with Gasteiger partial charge >= 0.3 is 5.69 Å². The van der Waals surface area contributed by atoms with Crippen LogP contribution in [0.25, 0.3) is 0 Å². The van der Waals surface area contributed by atoms with Crippen molar-refractivity contribution in [1.82, 2.24) is 5.32 Å². The Labute approximate surface area is 96.2 Å². The molecule has 0 aliphatic rings. The number of carbonyl (C=O) groups excluding carboxylic acids is 1. The normalized spacial score (nSPS) is 11.9. The van der Waals surface area contributed by atoms with E-state index in [1.54, 1.807) is 0 Å². The Morgan fingerprint density at radius 1 is 1.65 bits per heavy atom. The van der Waals surface area contributed by atoms with Crippen LogP contribution >= 0.6 is 0 Å². The zero-order valence-electron chi connectivity index (χ0n) is 9.01. The Balaban J connectivity index is 2.83. The van der Waals surface area contributed by atoms with E-state index in [4.69, 9.17) is 5.11 Å². The minimum atomic E-state index is -1.07. The molecule has 6 nitrogen and oxygen atoms in total. The standard InChI is InChI=1S/C10H11FN2O4/c1-6(14)5-12-10(15)7-2-3-9(13(16)17)8(11)4-7/h2-4,6,14H,5H2,1H3,(H,12,15). The molecule has 2 N–H and O–H groups in total. The number of halogens is 1. The summed E-state index contributed by atoms with van der Waals surface area (Å²) in [5.41, 5.74) is -0.717. The van der Waals surface area contributed by atoms with Crippen molar-refractivity contribution in [3.63, 3.8) is 0 Å². The Morgan fingerprint density at radius 3 is 2.76 bits per heavy atom. The van der Waals surface area contributed by atoms with Crippen LogP contribution in [0.3, 0.4) is 0 Å². The first-order valence-corrected chi connectivity index (χ1v) is 4.82. The highest BCUT2D eigenvalue weighted by Gasteiger charge is 2.16. The van der Waals surface area contributed by atoms with Gasteiger partial charge in [0.2, 0.25) is 5.82 Å². The molecular weight excluding hydrogens is 231 g/mol. The topological polar surface area (TPSA) is 92.5 Å². The smallest absolute Gasteiger partial charge is 0.304 e. The molecule has 1 atom stereocenters. The summed E-state index contributed by atoms with van der Waals surface area (Å²) in [6, 6.07) is 2.86. The molecule has 0 saturated heterocycles. The third-order valence-corrected chi connectivity index (χ3v) is 1.96. The van der Waals surface area contributed by atoms with E-state index in [9.17, 15) is 19.3 Å². The summed E-state index contributed by atoms with van der Waals surface area (Å²) in [6.45, 7) is 1.51. The Kier molecular flexibility index (Phi) is 4.11. The van der Waals surface area contributed by atoms with E-state index in [1.165, 1.54) is 6.92 Å². The molecule has 1 aromatic carbocycles. The van der Waals surface area contributed by atoms with Crippen LogP contribution in [0.4, 0.5) is 10.1 Å². The molecule has 7 heteroatoms. The molecule has 1 amide bonds. The van der Waals surface area contributed by atoms with Gasteiger partial charge in [0, 0.05) is 18.2 Å². The minimum Gasteiger partial charge on any atom is -0.392 e. The lowest BCUT2D eigenvalue weighted by atomic mass is 10.2. The molecule has 0 bridgehead atoms. The molecule has 1 unspecified atom stereocenters. The number of aliphatic hydroxyl groups excluding tert-OH is 1. The fourth-order valence-electron chi connectivity index (χ4n) is 1.14. The molecule has 0 spiro atoms. The van der Waals surface area contributed by atoms with Crippen molar-refractivity contribution < 1.29 is 19.2 Å². The molecule has 0 radical (unpaired) electrons. The second-order valence-electron chi connectivity index (χ2n) is 3.48. The lowest BCUT2D eigenvalue weighted by molar-refractivity contribution is -0.387. The predicted molar refractivity (Wildman–Crippen MR) is 57.1 cm³/mol. The highest BCUT2D eigenvalue weighted by Crippen LogP contribution is 2.17. The van der Waals surface area contributed by atoms with E-state index in [-0.39, 0.29) is 12.1 Å². The maximum Gasteiger partial charge on any atom is 0.304 e. The van der Waals surface area contributed by atoms with Gasteiger partial charge in [0.15, 0.2) is 0 Å². The average Bonchev–Trinajstić information content (AvgIpc) is 2.25. The summed E-state index contributed by atoms with van der Waals surface area (Å²) in [5, 5.41) is 21.6. The Hall–Kier alpha value is -2.02. The van der Waals surface area contributed by atoms with E-state index < -0.39 is 28.4 Å². The first-order valence-electron chi connectivity index (χ1n) is 4.82. The average molecular weight is 242 g/mol. The fraction of sp³-hybridized carbons (Fsp3) is 0.300. The largest absolute Gasteiger partial charge is 0.392 e. The number of hydrogen-bond acceptors (Lipinski definition) is 4. The molecule has 0 fully saturated rings. The van der Waals surface area contributed by atoms with Crippen molar-refractivity contribution in [2.75, 3.05) is 6.54 Å². The molecular formula is C10H11FN2O4. The Morgan fingerprint density at radius 2 is 2.29 bits per heavy atom. The van der Waals surface area contributed by atoms with Crippen molar-refractivity contribution in [3.8, 4) is 0 Å². The van der Waals surface area contributed by atoms with Crippen molar-refractivity contribution in [2.45, 2.75) is 13.0 Å². The number of carbonyl (C=O) groups is 1. The number of benzene rings is 1. The van der Waals surface area contributed by atoms with E-state index in [0.717, 1.165) is 18.2 Å². The molecule has 0 aromatic heterocycles. The van der Waals surface area contributed by atoms with Gasteiger partial charge in [-0.3, -0.25) is 14.9 Å². The van der Waals surface area contributed by atoms with Crippen molar-refractivity contribution in [2.24, 2.45) is 0 Å². The third kappa shape index (κ3) is 3.49. The van der Waals surface area contributed by atoms with Gasteiger partial charge in [0.25, 0.3) is 5.91 Å². The maximum atomic E-state index is 13.2. The van der Waals surface area contributed by atoms with E-state index in [1.807, 2.05) is 0 Å². The first-order chi connectivity index (χ1) is 7.91. The van der Waals surface area contributed by atoms with Gasteiger partial charge in [-0.05, 0) is 19.1 Å². The third-order valence-electron chi connectivity index (χ3n) is 1.96. The zero-order chi connectivity index (χ0) is 13.0. The quantitative estimate of drug-likeness (QED) is 0.604. The molecule has 0 aliphatic carbocycles. The summed E-state index contributed by atoms with van der Waals surface area (Å²) in [5.74, 6) is -1.67. The van der Waals surface area contributed by atoms with Gasteiger partial charge in [-0.15, -0.1) is 0 Å². The number of hydrogen-bond donors (Lipinski definition) is 2. The lowest BCUT2D eigenvalue weighted by Gasteiger charge is -2.06. The fourth-order valence-corrected chi connectivity index (χ4v) is 1.14.